The summed E-state index contributed by atoms with van der Waals surface area (Å²) in [5.41, 5.74) is 20.7. The molecule has 3 amide bonds. The Labute approximate surface area is 295 Å². The summed E-state index contributed by atoms with van der Waals surface area (Å²) >= 11 is 0. The molecule has 4 aromatic rings. The minimum absolute atomic E-state index is 0.215. The lowest BCUT2D eigenvalue weighted by Gasteiger charge is -2.25. The molecule has 2 aromatic carbocycles. The summed E-state index contributed by atoms with van der Waals surface area (Å²) in [6.07, 6.45) is 7.68. The molecular weight excluding hydrogens is 656 g/mol. The molecule has 8 N–H and O–H groups in total. The molecule has 1 aliphatic rings. The van der Waals surface area contributed by atoms with Crippen LogP contribution in [-0.4, -0.2) is 95.1 Å². The van der Waals surface area contributed by atoms with E-state index in [1.807, 2.05) is 38.2 Å². The molecule has 0 spiro atoms. The highest BCUT2D eigenvalue weighted by Crippen LogP contribution is 2.33. The predicted octanol–water partition coefficient (Wildman–Crippen LogP) is 2.54. The highest BCUT2D eigenvalue weighted by Gasteiger charge is 2.21. The van der Waals surface area contributed by atoms with Crippen LogP contribution in [-0.2, 0) is 17.8 Å². The largest absolute Gasteiger partial charge is 0.494 e. The number of carbonyl (C=O) groups excluding carboxylic acids is 3. The molecule has 0 aliphatic carbocycles. The van der Waals surface area contributed by atoms with Crippen molar-refractivity contribution in [3.8, 4) is 11.5 Å². The second-order valence-corrected chi connectivity index (χ2v) is 11.7. The Balaban J connectivity index is 1.34. The van der Waals surface area contributed by atoms with Crippen LogP contribution in [0.15, 0.2) is 54.6 Å². The molecule has 16 nitrogen and oxygen atoms in total. The average Bonchev–Trinajstić information content (AvgIpc) is 3.67. The van der Waals surface area contributed by atoms with Gasteiger partial charge in [0.1, 0.15) is 35.0 Å². The van der Waals surface area contributed by atoms with Gasteiger partial charge in [0.25, 0.3) is 5.91 Å². The number of carbonyl (C=O) groups is 3. The number of methoxy groups -OCH3 is 1. The van der Waals surface area contributed by atoms with Crippen molar-refractivity contribution >= 4 is 46.1 Å². The Bertz CT molecular complexity index is 1960. The first-order valence-electron chi connectivity index (χ1n) is 16.5. The van der Waals surface area contributed by atoms with Crippen LogP contribution in [0.2, 0.25) is 0 Å². The number of morpholine rings is 1. The number of aryl methyl sites for hydroxylation is 2. The number of aromatic nitrogens is 4. The lowest BCUT2D eigenvalue weighted by Crippen LogP contribution is -2.36. The topological polar surface area (TPSA) is 220 Å². The SMILES string of the molecule is CCn1nc(C)cc1C(=O)Nc1nc2cc(C(N)=O)cc(OC)c2n1C/C=C/CNc1c(N)cc(C(N)=O)cc1OC/C=C\CN1CCOCC1. The average molecular weight is 701 g/mol. The quantitative estimate of drug-likeness (QED) is 0.0845. The van der Waals surface area contributed by atoms with Gasteiger partial charge in [0.2, 0.25) is 17.8 Å². The van der Waals surface area contributed by atoms with Crippen molar-refractivity contribution in [3.05, 3.63) is 77.2 Å². The number of fused-ring (bicyclic) bond motifs is 1. The zero-order valence-corrected chi connectivity index (χ0v) is 29.0. The van der Waals surface area contributed by atoms with Crippen LogP contribution in [0.25, 0.3) is 11.0 Å². The van der Waals surface area contributed by atoms with Gasteiger partial charge in [-0.3, -0.25) is 29.3 Å². The number of ether oxygens (including phenoxy) is 3. The Morgan fingerprint density at radius 3 is 2.37 bits per heavy atom. The van der Waals surface area contributed by atoms with E-state index in [-0.39, 0.29) is 30.2 Å². The standard InChI is InChI=1S/C35H44N10O6/c1-4-45-27(17-22(2)42-45)34(48)41-35-40-26-19-24(33(38)47)21-29(49-3)31(26)44(35)11-6-5-9-39-30-25(36)18-23(32(37)46)20-28(30)51-14-8-7-10-43-12-15-50-16-13-43/h5-8,17-21,39H,4,9-16,36H2,1-3H3,(H2,37,46)(H2,38,47)(H,40,41,48)/b6-5+,8-7-. The number of hydrogen-bond donors (Lipinski definition) is 5. The van der Waals surface area contributed by atoms with Gasteiger partial charge in [0.05, 0.1) is 37.2 Å². The minimum Gasteiger partial charge on any atom is -0.494 e. The van der Waals surface area contributed by atoms with Crippen LogP contribution >= 0.6 is 0 Å². The lowest BCUT2D eigenvalue weighted by atomic mass is 10.1. The van der Waals surface area contributed by atoms with Crippen molar-refractivity contribution in [3.63, 3.8) is 0 Å². The fraction of sp³-hybridized carbons (Fsp3) is 0.343. The highest BCUT2D eigenvalue weighted by molar-refractivity contribution is 6.04. The van der Waals surface area contributed by atoms with E-state index in [1.165, 1.54) is 19.2 Å². The van der Waals surface area contributed by atoms with Gasteiger partial charge in [-0.2, -0.15) is 5.10 Å². The number of imidazole rings is 1. The molecule has 1 fully saturated rings. The van der Waals surface area contributed by atoms with E-state index >= 15 is 0 Å². The van der Waals surface area contributed by atoms with Crippen molar-refractivity contribution in [1.82, 2.24) is 24.2 Å². The molecule has 0 unspecified atom stereocenters. The summed E-state index contributed by atoms with van der Waals surface area (Å²) in [7, 11) is 1.48. The van der Waals surface area contributed by atoms with Crippen LogP contribution in [0.4, 0.5) is 17.3 Å². The van der Waals surface area contributed by atoms with Crippen LogP contribution in [0, 0.1) is 6.92 Å². The molecule has 0 bridgehead atoms. The molecule has 16 heteroatoms. The van der Waals surface area contributed by atoms with E-state index in [1.54, 1.807) is 27.4 Å². The van der Waals surface area contributed by atoms with Gasteiger partial charge < -0.3 is 41.3 Å². The van der Waals surface area contributed by atoms with E-state index in [0.29, 0.717) is 58.4 Å². The molecule has 3 heterocycles. The lowest BCUT2D eigenvalue weighted by molar-refractivity contribution is 0.0434. The number of allylic oxidation sites excluding steroid dienone is 1. The summed E-state index contributed by atoms with van der Waals surface area (Å²) in [4.78, 5) is 44.3. The van der Waals surface area contributed by atoms with Gasteiger partial charge in [-0.05, 0) is 44.2 Å². The van der Waals surface area contributed by atoms with Crippen molar-refractivity contribution in [2.75, 3.05) is 69.5 Å². The Kier molecular flexibility index (Phi) is 11.9. The van der Waals surface area contributed by atoms with Gasteiger partial charge in [0, 0.05) is 50.4 Å². The van der Waals surface area contributed by atoms with E-state index in [0.717, 1.165) is 32.8 Å². The highest BCUT2D eigenvalue weighted by atomic mass is 16.5. The van der Waals surface area contributed by atoms with Gasteiger partial charge in [0.15, 0.2) is 0 Å². The molecule has 2 aromatic heterocycles. The van der Waals surface area contributed by atoms with Crippen LogP contribution in [0.3, 0.4) is 0 Å². The van der Waals surface area contributed by atoms with E-state index in [9.17, 15) is 14.4 Å². The zero-order chi connectivity index (χ0) is 36.5. The molecule has 1 aliphatic heterocycles. The number of hydrogen-bond acceptors (Lipinski definition) is 11. The third kappa shape index (κ3) is 8.84. The van der Waals surface area contributed by atoms with Crippen LogP contribution in [0.5, 0.6) is 11.5 Å². The summed E-state index contributed by atoms with van der Waals surface area (Å²) < 4.78 is 20.4. The smallest absolute Gasteiger partial charge is 0.276 e. The van der Waals surface area contributed by atoms with Gasteiger partial charge in [-0.15, -0.1) is 0 Å². The molecule has 0 radical (unpaired) electrons. The van der Waals surface area contributed by atoms with Gasteiger partial charge in [-0.25, -0.2) is 4.98 Å². The Morgan fingerprint density at radius 2 is 1.67 bits per heavy atom. The fourth-order valence-corrected chi connectivity index (χ4v) is 5.66. The van der Waals surface area contributed by atoms with Crippen LogP contribution < -0.4 is 37.3 Å². The van der Waals surface area contributed by atoms with Gasteiger partial charge >= 0.3 is 0 Å². The molecule has 1 saturated heterocycles. The number of nitrogens with two attached hydrogens (primary N) is 3. The van der Waals surface area contributed by atoms with E-state index in [4.69, 9.17) is 31.4 Å². The first kappa shape index (κ1) is 36.4. The number of amides is 3. The maximum Gasteiger partial charge on any atom is 0.276 e. The summed E-state index contributed by atoms with van der Waals surface area (Å²) in [5.74, 6) is -0.679. The second-order valence-electron chi connectivity index (χ2n) is 11.7. The second kappa shape index (κ2) is 16.7. The molecule has 270 valence electrons. The number of primary amides is 2. The van der Waals surface area contributed by atoms with E-state index < -0.39 is 17.7 Å². The molecular formula is C35H44N10O6. The third-order valence-corrected chi connectivity index (χ3v) is 8.21. The fourth-order valence-electron chi connectivity index (χ4n) is 5.66. The summed E-state index contributed by atoms with van der Waals surface area (Å²) in [6, 6.07) is 7.85. The monoisotopic (exact) mass is 700 g/mol. The number of rotatable bonds is 16. The van der Waals surface area contributed by atoms with Crippen molar-refractivity contribution < 1.29 is 28.6 Å². The first-order chi connectivity index (χ1) is 24.6. The van der Waals surface area contributed by atoms with Crippen molar-refractivity contribution in [2.24, 2.45) is 11.5 Å². The number of nitrogens with one attached hydrogen (secondary N) is 2. The van der Waals surface area contributed by atoms with Gasteiger partial charge in [-0.1, -0.05) is 24.3 Å². The molecule has 5 rings (SSSR count). The molecule has 51 heavy (non-hydrogen) atoms. The van der Waals surface area contributed by atoms with Crippen molar-refractivity contribution in [1.29, 1.82) is 0 Å². The third-order valence-electron chi connectivity index (χ3n) is 8.21. The molecule has 0 saturated carbocycles. The predicted molar refractivity (Wildman–Crippen MR) is 194 cm³/mol. The first-order valence-corrected chi connectivity index (χ1v) is 16.5. The maximum absolute atomic E-state index is 13.4. The zero-order valence-electron chi connectivity index (χ0n) is 29.0. The number of nitrogen functional groups attached to an aromatic ring is 1. The minimum atomic E-state index is -0.640. The Hall–Kier alpha value is -5.87. The van der Waals surface area contributed by atoms with Crippen molar-refractivity contribution in [2.45, 2.75) is 26.9 Å². The summed E-state index contributed by atoms with van der Waals surface area (Å²) in [6.45, 7) is 9.06. The number of nitrogens with zero attached hydrogens (tertiary/aromatic N) is 5. The number of benzene rings is 2. The van der Waals surface area contributed by atoms with E-state index in [2.05, 4.69) is 25.6 Å². The molecule has 0 atom stereocenters. The number of anilines is 3. The summed E-state index contributed by atoms with van der Waals surface area (Å²) in [5, 5.41) is 10.5. The normalized spacial score (nSPS) is 13.6. The maximum atomic E-state index is 13.4. The Morgan fingerprint density at radius 1 is 0.961 bits per heavy atom. The van der Waals surface area contributed by atoms with Crippen LogP contribution in [0.1, 0.15) is 43.8 Å².